The Morgan fingerprint density at radius 3 is 2.69 bits per heavy atom. The van der Waals surface area contributed by atoms with E-state index in [1.807, 2.05) is 48.5 Å². The first kappa shape index (κ1) is 17.6. The summed E-state index contributed by atoms with van der Waals surface area (Å²) in [5.41, 5.74) is 2.53. The molecule has 3 N–H and O–H groups in total. The Bertz CT molecular complexity index is 842. The highest BCUT2D eigenvalue weighted by Crippen LogP contribution is 2.20. The van der Waals surface area contributed by atoms with Crippen molar-refractivity contribution in [2.24, 2.45) is 0 Å². The first-order chi connectivity index (χ1) is 12.8. The molecule has 0 aliphatic heterocycles. The fourth-order valence-electron chi connectivity index (χ4n) is 2.41. The quantitative estimate of drug-likeness (QED) is 0.574. The van der Waals surface area contributed by atoms with Crippen molar-refractivity contribution in [2.45, 2.75) is 6.54 Å². The van der Waals surface area contributed by atoms with Crippen LogP contribution in [-0.2, 0) is 6.54 Å². The van der Waals surface area contributed by atoms with E-state index in [0.717, 1.165) is 17.0 Å². The van der Waals surface area contributed by atoms with Gasteiger partial charge in [-0.3, -0.25) is 4.98 Å². The second-order valence-corrected chi connectivity index (χ2v) is 5.53. The maximum atomic E-state index is 9.03. The smallest absolute Gasteiger partial charge is 0.225 e. The van der Waals surface area contributed by atoms with E-state index in [1.165, 1.54) is 0 Å². The van der Waals surface area contributed by atoms with Gasteiger partial charge in [0.2, 0.25) is 5.95 Å². The molecule has 2 aromatic heterocycles. The number of anilines is 2. The number of aliphatic hydroxyl groups is 1. The second kappa shape index (κ2) is 8.77. The van der Waals surface area contributed by atoms with Crippen molar-refractivity contribution >= 4 is 11.8 Å². The summed E-state index contributed by atoms with van der Waals surface area (Å²) in [6.45, 7) is 0.972. The molecule has 1 aromatic carbocycles. The summed E-state index contributed by atoms with van der Waals surface area (Å²) in [5.74, 6) is 1.92. The van der Waals surface area contributed by atoms with Gasteiger partial charge in [-0.2, -0.15) is 4.98 Å². The summed E-state index contributed by atoms with van der Waals surface area (Å²) < 4.78 is 5.25. The highest BCUT2D eigenvalue weighted by atomic mass is 16.5. The molecule has 0 fully saturated rings. The van der Waals surface area contributed by atoms with E-state index in [1.54, 1.807) is 13.3 Å². The zero-order valence-electron chi connectivity index (χ0n) is 14.5. The Balaban J connectivity index is 1.82. The van der Waals surface area contributed by atoms with Gasteiger partial charge in [0.05, 0.1) is 25.1 Å². The molecule has 0 atom stereocenters. The Morgan fingerprint density at radius 1 is 1.00 bits per heavy atom. The number of benzene rings is 1. The van der Waals surface area contributed by atoms with Crippen molar-refractivity contribution in [2.75, 3.05) is 30.9 Å². The monoisotopic (exact) mass is 351 g/mol. The van der Waals surface area contributed by atoms with Gasteiger partial charge in [0.15, 0.2) is 0 Å². The summed E-state index contributed by atoms with van der Waals surface area (Å²) in [4.78, 5) is 13.3. The van der Waals surface area contributed by atoms with Gasteiger partial charge in [0.1, 0.15) is 11.6 Å². The van der Waals surface area contributed by atoms with Crippen molar-refractivity contribution in [3.05, 3.63) is 60.3 Å². The fourth-order valence-corrected chi connectivity index (χ4v) is 2.41. The molecule has 3 aromatic rings. The lowest BCUT2D eigenvalue weighted by Gasteiger charge is -2.11. The summed E-state index contributed by atoms with van der Waals surface area (Å²) in [6.07, 6.45) is 1.72. The Morgan fingerprint density at radius 2 is 1.92 bits per heavy atom. The molecule has 0 spiro atoms. The molecule has 134 valence electrons. The average molecular weight is 351 g/mol. The minimum absolute atomic E-state index is 0.00372. The second-order valence-electron chi connectivity index (χ2n) is 5.53. The minimum Gasteiger partial charge on any atom is -0.497 e. The number of aromatic nitrogens is 3. The minimum atomic E-state index is 0.00372. The number of nitrogens with zero attached hydrogens (tertiary/aromatic N) is 3. The summed E-state index contributed by atoms with van der Waals surface area (Å²) in [5, 5.41) is 15.3. The van der Waals surface area contributed by atoms with E-state index < -0.39 is 0 Å². The van der Waals surface area contributed by atoms with Crippen LogP contribution in [0.3, 0.4) is 0 Å². The number of aliphatic hydroxyl groups excluding tert-OH is 1. The number of hydrogen-bond donors (Lipinski definition) is 3. The third-order valence-corrected chi connectivity index (χ3v) is 3.66. The van der Waals surface area contributed by atoms with Crippen LogP contribution in [0.15, 0.2) is 54.7 Å². The Kier molecular flexibility index (Phi) is 5.95. The molecular formula is C19H21N5O2. The molecule has 0 saturated carbocycles. The lowest BCUT2D eigenvalue weighted by molar-refractivity contribution is 0.311. The summed E-state index contributed by atoms with van der Waals surface area (Å²) in [6, 6.07) is 15.4. The molecule has 0 saturated heterocycles. The number of hydrogen-bond acceptors (Lipinski definition) is 7. The zero-order chi connectivity index (χ0) is 18.2. The number of ether oxygens (including phenoxy) is 1. The SMILES string of the molecule is COc1cccc(CNc2cc(-c3ccccn3)nc(NCCO)n2)c1. The molecule has 2 heterocycles. The van der Waals surface area contributed by atoms with Gasteiger partial charge in [-0.05, 0) is 29.8 Å². The van der Waals surface area contributed by atoms with Crippen molar-refractivity contribution < 1.29 is 9.84 Å². The van der Waals surface area contributed by atoms with Gasteiger partial charge in [0.25, 0.3) is 0 Å². The third kappa shape index (κ3) is 4.67. The maximum Gasteiger partial charge on any atom is 0.225 e. The third-order valence-electron chi connectivity index (χ3n) is 3.66. The van der Waals surface area contributed by atoms with Crippen molar-refractivity contribution in [3.63, 3.8) is 0 Å². The molecule has 0 aliphatic rings. The van der Waals surface area contributed by atoms with Gasteiger partial charge in [-0.15, -0.1) is 0 Å². The van der Waals surface area contributed by atoms with Crippen molar-refractivity contribution in [1.29, 1.82) is 0 Å². The Hall–Kier alpha value is -3.19. The molecule has 0 bridgehead atoms. The average Bonchev–Trinajstić information content (AvgIpc) is 2.71. The predicted molar refractivity (Wildman–Crippen MR) is 101 cm³/mol. The molecule has 0 amide bonds. The van der Waals surface area contributed by atoms with E-state index in [-0.39, 0.29) is 6.61 Å². The first-order valence-electron chi connectivity index (χ1n) is 8.30. The van der Waals surface area contributed by atoms with Crippen molar-refractivity contribution in [3.8, 4) is 17.1 Å². The lowest BCUT2D eigenvalue weighted by atomic mass is 10.2. The van der Waals surface area contributed by atoms with Crippen LogP contribution >= 0.6 is 0 Å². The molecule has 0 radical (unpaired) electrons. The summed E-state index contributed by atoms with van der Waals surface area (Å²) in [7, 11) is 1.65. The molecule has 0 unspecified atom stereocenters. The maximum absolute atomic E-state index is 9.03. The van der Waals surface area contributed by atoms with Gasteiger partial charge in [0, 0.05) is 25.4 Å². The van der Waals surface area contributed by atoms with Crippen LogP contribution in [0.1, 0.15) is 5.56 Å². The van der Waals surface area contributed by atoms with E-state index in [0.29, 0.717) is 30.5 Å². The normalized spacial score (nSPS) is 10.4. The van der Waals surface area contributed by atoms with Crippen LogP contribution < -0.4 is 15.4 Å². The van der Waals surface area contributed by atoms with Gasteiger partial charge in [-0.25, -0.2) is 4.98 Å². The fraction of sp³-hybridized carbons (Fsp3) is 0.211. The van der Waals surface area contributed by atoms with Gasteiger partial charge in [-0.1, -0.05) is 18.2 Å². The van der Waals surface area contributed by atoms with Gasteiger partial charge >= 0.3 is 0 Å². The van der Waals surface area contributed by atoms with E-state index in [9.17, 15) is 0 Å². The highest BCUT2D eigenvalue weighted by Gasteiger charge is 2.08. The topological polar surface area (TPSA) is 92.2 Å². The van der Waals surface area contributed by atoms with E-state index >= 15 is 0 Å². The van der Waals surface area contributed by atoms with Crippen LogP contribution in [0.4, 0.5) is 11.8 Å². The molecule has 0 aliphatic carbocycles. The Labute approximate surface area is 152 Å². The molecule has 7 nitrogen and oxygen atoms in total. The zero-order valence-corrected chi connectivity index (χ0v) is 14.5. The van der Waals surface area contributed by atoms with Crippen LogP contribution in [-0.4, -0.2) is 40.3 Å². The van der Waals surface area contributed by atoms with Crippen LogP contribution in [0.2, 0.25) is 0 Å². The van der Waals surface area contributed by atoms with Crippen LogP contribution in [0.25, 0.3) is 11.4 Å². The van der Waals surface area contributed by atoms with Gasteiger partial charge < -0.3 is 20.5 Å². The largest absolute Gasteiger partial charge is 0.497 e. The number of pyridine rings is 1. The number of methoxy groups -OCH3 is 1. The van der Waals surface area contributed by atoms with Crippen LogP contribution in [0, 0.1) is 0 Å². The first-order valence-corrected chi connectivity index (χ1v) is 8.30. The molecule has 3 rings (SSSR count). The highest BCUT2D eigenvalue weighted by molar-refractivity contribution is 5.61. The molecule has 7 heteroatoms. The van der Waals surface area contributed by atoms with Crippen molar-refractivity contribution in [1.82, 2.24) is 15.0 Å². The number of nitrogens with one attached hydrogen (secondary N) is 2. The standard InChI is InChI=1S/C19H21N5O2/c1-26-15-6-4-5-14(11-15)13-22-18-12-17(16-7-2-3-8-20-16)23-19(24-18)21-9-10-25/h2-8,11-12,25H,9-10,13H2,1H3,(H2,21,22,23,24). The lowest BCUT2D eigenvalue weighted by Crippen LogP contribution is -2.11. The molecular weight excluding hydrogens is 330 g/mol. The summed E-state index contributed by atoms with van der Waals surface area (Å²) >= 11 is 0. The van der Waals surface area contributed by atoms with Crippen LogP contribution in [0.5, 0.6) is 5.75 Å². The number of rotatable bonds is 8. The van der Waals surface area contributed by atoms with E-state index in [2.05, 4.69) is 25.6 Å². The molecule has 26 heavy (non-hydrogen) atoms. The van der Waals surface area contributed by atoms with E-state index in [4.69, 9.17) is 9.84 Å². The predicted octanol–water partition coefficient (Wildman–Crippen LogP) is 2.56.